The Morgan fingerprint density at radius 1 is 1.36 bits per heavy atom. The minimum absolute atomic E-state index is 0.148. The van der Waals surface area contributed by atoms with E-state index in [9.17, 15) is 9.59 Å². The van der Waals surface area contributed by atoms with Crippen molar-refractivity contribution in [2.24, 2.45) is 7.05 Å². The average Bonchev–Trinajstić information content (AvgIpc) is 2.62. The molecule has 0 aliphatic carbocycles. The molecule has 7 heteroatoms. The molecule has 0 spiro atoms. The lowest BCUT2D eigenvalue weighted by Gasteiger charge is -2.35. The van der Waals surface area contributed by atoms with Gasteiger partial charge in [0.15, 0.2) is 0 Å². The number of carbonyl (C=O) groups excluding carboxylic acids is 1. The van der Waals surface area contributed by atoms with Crippen LogP contribution in [0, 0.1) is 0 Å². The quantitative estimate of drug-likeness (QED) is 0.788. The highest BCUT2D eigenvalue weighted by Gasteiger charge is 2.27. The van der Waals surface area contributed by atoms with Gasteiger partial charge in [0.2, 0.25) is 5.91 Å². The van der Waals surface area contributed by atoms with E-state index in [1.807, 2.05) is 12.1 Å². The Balaban J connectivity index is 2.03. The van der Waals surface area contributed by atoms with E-state index in [0.29, 0.717) is 30.3 Å². The number of carbonyl (C=O) groups is 1. The Kier molecular flexibility index (Phi) is 5.01. The van der Waals surface area contributed by atoms with E-state index >= 15 is 0 Å². The fourth-order valence-electron chi connectivity index (χ4n) is 2.86. The molecule has 2 aromatic rings. The first-order valence-corrected chi connectivity index (χ1v) is 8.22. The lowest BCUT2D eigenvalue weighted by molar-refractivity contribution is -0.134. The molecule has 1 unspecified atom stereocenters. The normalized spacial score (nSPS) is 17.4. The highest BCUT2D eigenvalue weighted by Crippen LogP contribution is 2.31. The third-order valence-electron chi connectivity index (χ3n) is 4.19. The van der Waals surface area contributed by atoms with E-state index in [1.54, 1.807) is 24.2 Å². The first-order valence-electron chi connectivity index (χ1n) is 7.84. The van der Waals surface area contributed by atoms with E-state index in [2.05, 4.69) is 11.7 Å². The maximum absolute atomic E-state index is 12.1. The Bertz CT molecular complexity index is 878. The van der Waals surface area contributed by atoms with Crippen molar-refractivity contribution in [1.29, 1.82) is 0 Å². The van der Waals surface area contributed by atoms with E-state index < -0.39 is 0 Å². The van der Waals surface area contributed by atoms with Crippen LogP contribution in [0.1, 0.15) is 11.6 Å². The number of morpholine rings is 1. The van der Waals surface area contributed by atoms with Crippen LogP contribution in [0.4, 0.5) is 0 Å². The summed E-state index contributed by atoms with van der Waals surface area (Å²) in [6.07, 6.45) is 2.91. The van der Waals surface area contributed by atoms with Gasteiger partial charge in [0.25, 0.3) is 5.56 Å². The molecule has 25 heavy (non-hydrogen) atoms. The van der Waals surface area contributed by atoms with Gasteiger partial charge in [0, 0.05) is 30.2 Å². The van der Waals surface area contributed by atoms with Crippen LogP contribution in [0.5, 0.6) is 0 Å². The van der Waals surface area contributed by atoms with Crippen molar-refractivity contribution in [3.05, 3.63) is 64.1 Å². The topological polar surface area (TPSA) is 64.4 Å². The molecule has 6 nitrogen and oxygen atoms in total. The number of halogens is 1. The van der Waals surface area contributed by atoms with Crippen molar-refractivity contribution in [3.8, 4) is 11.1 Å². The molecule has 1 aliphatic rings. The number of nitrogens with zero attached hydrogens (tertiary/aromatic N) is 3. The van der Waals surface area contributed by atoms with Crippen molar-refractivity contribution < 1.29 is 9.53 Å². The zero-order valence-corrected chi connectivity index (χ0v) is 14.6. The van der Waals surface area contributed by atoms with E-state index in [-0.39, 0.29) is 17.5 Å². The second-order valence-corrected chi connectivity index (χ2v) is 6.24. The molecule has 1 atom stereocenters. The summed E-state index contributed by atoms with van der Waals surface area (Å²) in [5, 5.41) is 4.56. The maximum atomic E-state index is 12.1. The maximum Gasteiger partial charge on any atom is 0.267 e. The van der Waals surface area contributed by atoms with Crippen LogP contribution >= 0.6 is 11.6 Å². The van der Waals surface area contributed by atoms with E-state index in [4.69, 9.17) is 16.3 Å². The summed E-state index contributed by atoms with van der Waals surface area (Å²) in [6, 6.07) is 6.74. The van der Waals surface area contributed by atoms with Gasteiger partial charge >= 0.3 is 0 Å². The highest BCUT2D eigenvalue weighted by atomic mass is 35.5. The number of aryl methyl sites for hydroxylation is 1. The first kappa shape index (κ1) is 17.4. The lowest BCUT2D eigenvalue weighted by Crippen LogP contribution is -2.42. The van der Waals surface area contributed by atoms with Gasteiger partial charge in [0.1, 0.15) is 0 Å². The van der Waals surface area contributed by atoms with E-state index in [0.717, 1.165) is 11.1 Å². The molecule has 1 saturated heterocycles. The van der Waals surface area contributed by atoms with E-state index in [1.165, 1.54) is 16.8 Å². The van der Waals surface area contributed by atoms with Crippen LogP contribution in [0.2, 0.25) is 5.02 Å². The Morgan fingerprint density at radius 3 is 2.88 bits per heavy atom. The molecule has 0 bridgehead atoms. The molecule has 1 aliphatic heterocycles. The summed E-state index contributed by atoms with van der Waals surface area (Å²) >= 11 is 6.28. The van der Waals surface area contributed by atoms with Gasteiger partial charge in [-0.1, -0.05) is 18.2 Å². The molecular weight excluding hydrogens is 342 g/mol. The Labute approximate surface area is 150 Å². The van der Waals surface area contributed by atoms with Gasteiger partial charge in [0.05, 0.1) is 25.5 Å². The molecule has 1 aromatic carbocycles. The van der Waals surface area contributed by atoms with Gasteiger partial charge in [-0.3, -0.25) is 9.59 Å². The smallest absolute Gasteiger partial charge is 0.267 e. The molecular formula is C18H18ClN3O3. The number of amides is 1. The van der Waals surface area contributed by atoms with Gasteiger partial charge in [-0.05, 0) is 35.4 Å². The van der Waals surface area contributed by atoms with Crippen molar-refractivity contribution in [2.45, 2.75) is 6.04 Å². The van der Waals surface area contributed by atoms with Crippen LogP contribution < -0.4 is 5.56 Å². The molecule has 130 valence electrons. The monoisotopic (exact) mass is 359 g/mol. The number of rotatable bonds is 3. The molecule has 1 amide bonds. The average molecular weight is 360 g/mol. The zero-order chi connectivity index (χ0) is 18.0. The van der Waals surface area contributed by atoms with Crippen molar-refractivity contribution in [2.75, 3.05) is 19.8 Å². The lowest BCUT2D eigenvalue weighted by atomic mass is 9.99. The largest absolute Gasteiger partial charge is 0.377 e. The second kappa shape index (κ2) is 7.21. The van der Waals surface area contributed by atoms with Crippen LogP contribution in [-0.4, -0.2) is 40.3 Å². The first-order chi connectivity index (χ1) is 12.0. The van der Waals surface area contributed by atoms with Crippen LogP contribution in [0.15, 0.2) is 47.9 Å². The molecule has 0 saturated carbocycles. The number of aromatic nitrogens is 2. The fourth-order valence-corrected chi connectivity index (χ4v) is 3.10. The van der Waals surface area contributed by atoms with Crippen molar-refractivity contribution in [3.63, 3.8) is 0 Å². The predicted octanol–water partition coefficient (Wildman–Crippen LogP) is 2.19. The minimum atomic E-state index is -0.254. The fraction of sp³-hybridized carbons (Fsp3) is 0.278. The molecule has 1 fully saturated rings. The van der Waals surface area contributed by atoms with Gasteiger partial charge in [-0.2, -0.15) is 5.10 Å². The molecule has 1 aromatic heterocycles. The third kappa shape index (κ3) is 3.65. The molecule has 0 N–H and O–H groups in total. The van der Waals surface area contributed by atoms with Crippen LogP contribution in [0.25, 0.3) is 11.1 Å². The highest BCUT2D eigenvalue weighted by molar-refractivity contribution is 6.31. The zero-order valence-electron chi connectivity index (χ0n) is 13.8. The molecule has 2 heterocycles. The molecule has 3 rings (SSSR count). The van der Waals surface area contributed by atoms with Gasteiger partial charge in [-0.15, -0.1) is 0 Å². The number of hydrogen-bond acceptors (Lipinski definition) is 4. The summed E-state index contributed by atoms with van der Waals surface area (Å²) in [6.45, 7) is 4.92. The van der Waals surface area contributed by atoms with Crippen LogP contribution in [-0.2, 0) is 16.6 Å². The Morgan fingerprint density at radius 2 is 2.16 bits per heavy atom. The summed E-state index contributed by atoms with van der Waals surface area (Å²) in [4.78, 5) is 25.7. The SMILES string of the molecule is C=CC(=O)N1CCOCC1c1cc(Cl)cc(-c2cnn(C)c(=O)c2)c1. The summed E-state index contributed by atoms with van der Waals surface area (Å²) < 4.78 is 6.80. The van der Waals surface area contributed by atoms with Gasteiger partial charge in [-0.25, -0.2) is 4.68 Å². The summed E-state index contributed by atoms with van der Waals surface area (Å²) in [5.41, 5.74) is 2.08. The van der Waals surface area contributed by atoms with Crippen molar-refractivity contribution >= 4 is 17.5 Å². The predicted molar refractivity (Wildman–Crippen MR) is 95.4 cm³/mol. The number of ether oxygens (including phenoxy) is 1. The van der Waals surface area contributed by atoms with Crippen LogP contribution in [0.3, 0.4) is 0 Å². The minimum Gasteiger partial charge on any atom is -0.377 e. The van der Waals surface area contributed by atoms with Crippen molar-refractivity contribution in [1.82, 2.24) is 14.7 Å². The summed E-state index contributed by atoms with van der Waals surface area (Å²) in [7, 11) is 1.59. The second-order valence-electron chi connectivity index (χ2n) is 5.81. The molecule has 0 radical (unpaired) electrons. The van der Waals surface area contributed by atoms with Gasteiger partial charge < -0.3 is 9.64 Å². The Hall–Kier alpha value is -2.44. The third-order valence-corrected chi connectivity index (χ3v) is 4.41. The summed E-state index contributed by atoms with van der Waals surface area (Å²) in [5.74, 6) is -0.148. The number of benzene rings is 1. The standard InChI is InChI=1S/C18H18ClN3O3/c1-3-17(23)22-4-5-25-11-16(22)13-6-12(7-15(19)8-13)14-9-18(24)21(2)20-10-14/h3,6-10,16H,1,4-5,11H2,2H3. The number of hydrogen-bond donors (Lipinski definition) is 0.